The highest BCUT2D eigenvalue weighted by atomic mass is 32.3. The minimum absolute atomic E-state index is 1.06. The van der Waals surface area contributed by atoms with Crippen molar-refractivity contribution in [3.05, 3.63) is 0 Å². The number of carbonyl (C=O) groups is 1. The van der Waals surface area contributed by atoms with Crippen molar-refractivity contribution in [3.63, 3.8) is 0 Å². The lowest BCUT2D eigenvalue weighted by Crippen LogP contribution is -2.13. The van der Waals surface area contributed by atoms with Crippen LogP contribution in [0.2, 0.25) is 0 Å². The number of alkyl halides is 3. The van der Waals surface area contributed by atoms with Crippen molar-refractivity contribution in [2.75, 3.05) is 18.8 Å². The Morgan fingerprint density at radius 2 is 1.77 bits per heavy atom. The van der Waals surface area contributed by atoms with Gasteiger partial charge in [-0.1, -0.05) is 0 Å². The van der Waals surface area contributed by atoms with E-state index >= 15 is 0 Å². The Morgan fingerprint density at radius 3 is 2.08 bits per heavy atom. The summed E-state index contributed by atoms with van der Waals surface area (Å²) in [6, 6.07) is 0. The molecule has 0 N–H and O–H groups in total. The molecular formula is C8H11F3OS. The lowest BCUT2D eigenvalue weighted by Gasteiger charge is -2.14. The van der Waals surface area contributed by atoms with E-state index in [1.54, 1.807) is 18.8 Å². The predicted octanol–water partition coefficient (Wildman–Crippen LogP) is 2.16. The molecule has 0 aromatic carbocycles. The zero-order chi connectivity index (χ0) is 10.7. The van der Waals surface area contributed by atoms with Crippen LogP contribution in [0.3, 0.4) is 0 Å². The van der Waals surface area contributed by atoms with Crippen molar-refractivity contribution in [3.8, 4) is 11.2 Å². The van der Waals surface area contributed by atoms with E-state index in [0.29, 0.717) is 0 Å². The summed E-state index contributed by atoms with van der Waals surface area (Å²) >= 11 is 0. The van der Waals surface area contributed by atoms with Crippen LogP contribution in [0, 0.1) is 11.2 Å². The molecule has 1 nitrogen and oxygen atoms in total. The van der Waals surface area contributed by atoms with E-state index in [2.05, 4.69) is 5.25 Å². The van der Waals surface area contributed by atoms with Crippen molar-refractivity contribution in [2.45, 2.75) is 12.6 Å². The summed E-state index contributed by atoms with van der Waals surface area (Å²) in [4.78, 5) is 10.6. The standard InChI is InChI=1S/C8H11F3OS/c1-13(2,3)5-4-7(12)6-8(9,10)11/h6H2,1-3H3. The molecule has 0 atom stereocenters. The SMILES string of the molecule is CS(C)(C)C#CC(=O)CC(F)(F)F. The monoisotopic (exact) mass is 212 g/mol. The number of rotatable bonds is 1. The fraction of sp³-hybridized carbons (Fsp3) is 0.625. The molecule has 0 aliphatic carbocycles. The first-order valence-corrected chi connectivity index (χ1v) is 6.26. The second-order valence-corrected chi connectivity index (χ2v) is 7.16. The summed E-state index contributed by atoms with van der Waals surface area (Å²) in [7, 11) is -1.22. The van der Waals surface area contributed by atoms with Crippen LogP contribution in [-0.4, -0.2) is 30.7 Å². The minimum Gasteiger partial charge on any atom is -0.285 e. The number of ketones is 1. The number of Topliss-reactive ketones (excluding diaryl/α,β-unsaturated/α-hetero) is 1. The summed E-state index contributed by atoms with van der Waals surface area (Å²) in [5, 5.41) is 2.53. The van der Waals surface area contributed by atoms with Crippen LogP contribution in [0.25, 0.3) is 0 Å². The van der Waals surface area contributed by atoms with E-state index in [-0.39, 0.29) is 0 Å². The Labute approximate surface area is 77.0 Å². The average Bonchev–Trinajstić information content (AvgIpc) is 1.78. The third-order valence-corrected chi connectivity index (χ3v) is 1.57. The quantitative estimate of drug-likeness (QED) is 0.609. The van der Waals surface area contributed by atoms with Crippen LogP contribution in [0.15, 0.2) is 0 Å². The Morgan fingerprint density at radius 1 is 1.31 bits per heavy atom. The first-order chi connectivity index (χ1) is 5.60. The van der Waals surface area contributed by atoms with E-state index in [1.165, 1.54) is 0 Å². The molecule has 0 heterocycles. The molecule has 5 heteroatoms. The van der Waals surface area contributed by atoms with Crippen molar-refractivity contribution in [1.29, 1.82) is 0 Å². The van der Waals surface area contributed by atoms with Gasteiger partial charge in [0.2, 0.25) is 5.78 Å². The maximum atomic E-state index is 11.6. The van der Waals surface area contributed by atoms with Gasteiger partial charge in [-0.2, -0.15) is 23.2 Å². The van der Waals surface area contributed by atoms with Gasteiger partial charge in [-0.25, -0.2) is 0 Å². The van der Waals surface area contributed by atoms with Crippen LogP contribution in [0.5, 0.6) is 0 Å². The summed E-state index contributed by atoms with van der Waals surface area (Å²) in [6.07, 6.45) is -0.475. The van der Waals surface area contributed by atoms with Crippen LogP contribution in [0.4, 0.5) is 13.2 Å². The molecule has 0 saturated heterocycles. The highest BCUT2D eigenvalue weighted by Crippen LogP contribution is 2.32. The van der Waals surface area contributed by atoms with Gasteiger partial charge >= 0.3 is 6.18 Å². The predicted molar refractivity (Wildman–Crippen MR) is 48.8 cm³/mol. The van der Waals surface area contributed by atoms with E-state index < -0.39 is 28.4 Å². The van der Waals surface area contributed by atoms with Gasteiger partial charge in [0.1, 0.15) is 6.42 Å². The topological polar surface area (TPSA) is 17.1 Å². The van der Waals surface area contributed by atoms with Crippen molar-refractivity contribution >= 4 is 15.8 Å². The Bertz CT molecular complexity index is 251. The normalized spacial score (nSPS) is 13.1. The summed E-state index contributed by atoms with van der Waals surface area (Å²) in [6.45, 7) is 0. The molecule has 0 radical (unpaired) electrons. The van der Waals surface area contributed by atoms with E-state index in [4.69, 9.17) is 0 Å². The summed E-state index contributed by atoms with van der Waals surface area (Å²) in [5.74, 6) is 0.947. The van der Waals surface area contributed by atoms with Gasteiger partial charge in [0.15, 0.2) is 0 Å². The maximum Gasteiger partial charge on any atom is 0.396 e. The van der Waals surface area contributed by atoms with Crippen LogP contribution in [0.1, 0.15) is 6.42 Å². The molecule has 0 spiro atoms. The Kier molecular flexibility index (Phi) is 3.86. The molecule has 0 saturated carbocycles. The number of hydrogen-bond donors (Lipinski definition) is 0. The van der Waals surface area contributed by atoms with Gasteiger partial charge in [-0.15, -0.1) is 0 Å². The molecule has 0 bridgehead atoms. The molecule has 0 amide bonds. The van der Waals surface area contributed by atoms with Gasteiger partial charge < -0.3 is 0 Å². The third-order valence-electron chi connectivity index (χ3n) is 0.858. The van der Waals surface area contributed by atoms with E-state index in [9.17, 15) is 18.0 Å². The summed E-state index contributed by atoms with van der Waals surface area (Å²) < 4.78 is 34.9. The minimum atomic E-state index is -4.45. The average molecular weight is 212 g/mol. The fourth-order valence-electron chi connectivity index (χ4n) is 0.436. The van der Waals surface area contributed by atoms with Gasteiger partial charge in [-0.3, -0.25) is 4.79 Å². The van der Waals surface area contributed by atoms with Crippen molar-refractivity contribution in [2.24, 2.45) is 0 Å². The zero-order valence-corrected chi connectivity index (χ0v) is 8.47. The van der Waals surface area contributed by atoms with Gasteiger partial charge in [-0.05, 0) is 29.9 Å². The second kappa shape index (κ2) is 4.05. The highest BCUT2D eigenvalue weighted by Gasteiger charge is 2.30. The third kappa shape index (κ3) is 9.28. The van der Waals surface area contributed by atoms with Crippen LogP contribution in [-0.2, 0) is 4.79 Å². The Hall–Kier alpha value is -0.630. The molecule has 0 fully saturated rings. The maximum absolute atomic E-state index is 11.6. The van der Waals surface area contributed by atoms with E-state index in [0.717, 1.165) is 0 Å². The lowest BCUT2D eigenvalue weighted by molar-refractivity contribution is -0.148. The Balaban J connectivity index is 4.23. The van der Waals surface area contributed by atoms with Crippen LogP contribution < -0.4 is 0 Å². The van der Waals surface area contributed by atoms with Gasteiger partial charge in [0.25, 0.3) is 0 Å². The second-order valence-electron chi connectivity index (χ2n) is 3.28. The molecule has 0 rings (SSSR count). The smallest absolute Gasteiger partial charge is 0.285 e. The zero-order valence-electron chi connectivity index (χ0n) is 7.66. The van der Waals surface area contributed by atoms with E-state index in [1.807, 2.05) is 5.92 Å². The molecule has 0 aromatic rings. The lowest BCUT2D eigenvalue weighted by atomic mass is 10.3. The molecular weight excluding hydrogens is 201 g/mol. The highest BCUT2D eigenvalue weighted by molar-refractivity contribution is 8.36. The van der Waals surface area contributed by atoms with Crippen molar-refractivity contribution < 1.29 is 18.0 Å². The number of carbonyl (C=O) groups excluding carboxylic acids is 1. The number of halogens is 3. The molecule has 0 aliphatic rings. The van der Waals surface area contributed by atoms with Gasteiger partial charge in [0, 0.05) is 0 Å². The number of hydrogen-bond acceptors (Lipinski definition) is 1. The first kappa shape index (κ1) is 12.4. The molecule has 0 aromatic heterocycles. The molecule has 0 aliphatic heterocycles. The van der Waals surface area contributed by atoms with Crippen LogP contribution >= 0.6 is 10.0 Å². The molecule has 13 heavy (non-hydrogen) atoms. The summed E-state index contributed by atoms with van der Waals surface area (Å²) in [5.41, 5.74) is 0. The molecule has 76 valence electrons. The first-order valence-electron chi connectivity index (χ1n) is 3.41. The molecule has 0 unspecified atom stereocenters. The van der Waals surface area contributed by atoms with Crippen molar-refractivity contribution in [1.82, 2.24) is 0 Å². The fourth-order valence-corrected chi connectivity index (χ4v) is 0.856. The largest absolute Gasteiger partial charge is 0.396 e. The van der Waals surface area contributed by atoms with Gasteiger partial charge in [0.05, 0.1) is 0 Å².